The maximum Gasteiger partial charge on any atom is 0.304 e. The number of nitrogens with zero attached hydrogens (tertiary/aromatic N) is 2. The van der Waals surface area contributed by atoms with Crippen molar-refractivity contribution in [3.05, 3.63) is 66.0 Å². The molecule has 26 heavy (non-hydrogen) atoms. The van der Waals surface area contributed by atoms with Gasteiger partial charge in [-0.05, 0) is 24.6 Å². The third-order valence-corrected chi connectivity index (χ3v) is 5.63. The van der Waals surface area contributed by atoms with E-state index in [0.717, 1.165) is 20.2 Å². The quantitative estimate of drug-likeness (QED) is 0.803. The van der Waals surface area contributed by atoms with Gasteiger partial charge in [0.1, 0.15) is 12.4 Å². The summed E-state index contributed by atoms with van der Waals surface area (Å²) in [6.07, 6.45) is 0. The summed E-state index contributed by atoms with van der Waals surface area (Å²) in [6.45, 7) is 1.26. The van der Waals surface area contributed by atoms with Crippen LogP contribution in [0.3, 0.4) is 0 Å². The average Bonchev–Trinajstić information content (AvgIpc) is 2.61. The molecular formula is C18H22FN3O3S. The van der Waals surface area contributed by atoms with Crippen LogP contribution in [-0.4, -0.2) is 39.3 Å². The van der Waals surface area contributed by atoms with Crippen molar-refractivity contribution in [1.29, 1.82) is 0 Å². The zero-order chi connectivity index (χ0) is 19.3. The summed E-state index contributed by atoms with van der Waals surface area (Å²) in [6, 6.07) is 14.4. The van der Waals surface area contributed by atoms with E-state index in [2.05, 4.69) is 5.32 Å². The van der Waals surface area contributed by atoms with Gasteiger partial charge in [0.15, 0.2) is 0 Å². The first-order chi connectivity index (χ1) is 12.2. The number of anilines is 1. The van der Waals surface area contributed by atoms with Crippen molar-refractivity contribution >= 4 is 21.8 Å². The molecule has 0 saturated carbocycles. The summed E-state index contributed by atoms with van der Waals surface area (Å²) in [7, 11) is -1.39. The van der Waals surface area contributed by atoms with Gasteiger partial charge in [-0.15, -0.1) is 0 Å². The minimum Gasteiger partial charge on any atom is -0.348 e. The number of nitrogens with one attached hydrogen (secondary N) is 1. The van der Waals surface area contributed by atoms with E-state index in [1.807, 2.05) is 30.3 Å². The van der Waals surface area contributed by atoms with Gasteiger partial charge in [-0.1, -0.05) is 42.5 Å². The summed E-state index contributed by atoms with van der Waals surface area (Å²) in [5.41, 5.74) is 0.706. The van der Waals surface area contributed by atoms with Crippen molar-refractivity contribution in [3.8, 4) is 0 Å². The van der Waals surface area contributed by atoms with E-state index < -0.39 is 28.5 Å². The lowest BCUT2D eigenvalue weighted by atomic mass is 10.1. The van der Waals surface area contributed by atoms with Crippen LogP contribution in [0.25, 0.3) is 0 Å². The molecule has 2 aromatic carbocycles. The second kappa shape index (κ2) is 8.29. The predicted molar refractivity (Wildman–Crippen MR) is 99.4 cm³/mol. The molecule has 8 heteroatoms. The zero-order valence-electron chi connectivity index (χ0n) is 14.9. The molecular weight excluding hydrogens is 357 g/mol. The Morgan fingerprint density at radius 3 is 2.23 bits per heavy atom. The molecule has 1 amide bonds. The van der Waals surface area contributed by atoms with Gasteiger partial charge >= 0.3 is 10.2 Å². The van der Waals surface area contributed by atoms with Gasteiger partial charge in [0, 0.05) is 14.1 Å². The Bertz CT molecular complexity index is 857. The fraction of sp³-hybridized carbons (Fsp3) is 0.278. The van der Waals surface area contributed by atoms with Gasteiger partial charge in [-0.3, -0.25) is 4.79 Å². The van der Waals surface area contributed by atoms with E-state index in [4.69, 9.17) is 0 Å². The SMILES string of the molecule is CC(NC(=O)CN(c1ccccc1F)S(=O)(=O)N(C)C)c1ccccc1. The van der Waals surface area contributed by atoms with Crippen LogP contribution in [0.15, 0.2) is 54.6 Å². The predicted octanol–water partition coefficient (Wildman–Crippen LogP) is 2.32. The highest BCUT2D eigenvalue weighted by Crippen LogP contribution is 2.23. The van der Waals surface area contributed by atoms with Crippen LogP contribution in [0, 0.1) is 5.82 Å². The third-order valence-electron chi connectivity index (χ3n) is 3.83. The molecule has 0 aromatic heterocycles. The molecule has 2 aromatic rings. The van der Waals surface area contributed by atoms with Gasteiger partial charge in [0.25, 0.3) is 0 Å². The van der Waals surface area contributed by atoms with Crippen LogP contribution >= 0.6 is 0 Å². The smallest absolute Gasteiger partial charge is 0.304 e. The van der Waals surface area contributed by atoms with Crippen molar-refractivity contribution in [2.24, 2.45) is 0 Å². The minimum absolute atomic E-state index is 0.177. The Balaban J connectivity index is 2.25. The Hall–Kier alpha value is -2.45. The molecule has 0 heterocycles. The summed E-state index contributed by atoms with van der Waals surface area (Å²) in [4.78, 5) is 12.4. The highest BCUT2D eigenvalue weighted by atomic mass is 32.2. The van der Waals surface area contributed by atoms with Crippen LogP contribution in [0.1, 0.15) is 18.5 Å². The van der Waals surface area contributed by atoms with Crippen LogP contribution in [-0.2, 0) is 15.0 Å². The number of para-hydroxylation sites is 1. The lowest BCUT2D eigenvalue weighted by Crippen LogP contribution is -2.46. The van der Waals surface area contributed by atoms with Crippen molar-refractivity contribution < 1.29 is 17.6 Å². The summed E-state index contributed by atoms with van der Waals surface area (Å²) in [5, 5.41) is 2.74. The van der Waals surface area contributed by atoms with Crippen molar-refractivity contribution in [1.82, 2.24) is 9.62 Å². The average molecular weight is 379 g/mol. The lowest BCUT2D eigenvalue weighted by molar-refractivity contribution is -0.120. The van der Waals surface area contributed by atoms with Crippen molar-refractivity contribution in [3.63, 3.8) is 0 Å². The van der Waals surface area contributed by atoms with E-state index in [1.54, 1.807) is 6.92 Å². The van der Waals surface area contributed by atoms with Crippen molar-refractivity contribution in [2.45, 2.75) is 13.0 Å². The van der Waals surface area contributed by atoms with Gasteiger partial charge in [-0.25, -0.2) is 8.70 Å². The number of hydrogen-bond acceptors (Lipinski definition) is 3. The second-order valence-corrected chi connectivity index (χ2v) is 8.01. The van der Waals surface area contributed by atoms with Crippen LogP contribution in [0.5, 0.6) is 0 Å². The number of carbonyl (C=O) groups excluding carboxylic acids is 1. The van der Waals surface area contributed by atoms with Gasteiger partial charge in [0.2, 0.25) is 5.91 Å². The number of amides is 1. The molecule has 140 valence electrons. The van der Waals surface area contributed by atoms with E-state index in [1.165, 1.54) is 32.3 Å². The molecule has 0 aliphatic carbocycles. The molecule has 6 nitrogen and oxygen atoms in total. The van der Waals surface area contributed by atoms with E-state index in [-0.39, 0.29) is 11.7 Å². The molecule has 0 bridgehead atoms. The topological polar surface area (TPSA) is 69.7 Å². The van der Waals surface area contributed by atoms with E-state index in [9.17, 15) is 17.6 Å². The van der Waals surface area contributed by atoms with Gasteiger partial charge in [0.05, 0.1) is 11.7 Å². The normalized spacial score (nSPS) is 12.7. The summed E-state index contributed by atoms with van der Waals surface area (Å²) >= 11 is 0. The second-order valence-electron chi connectivity index (χ2n) is 5.95. The van der Waals surface area contributed by atoms with Crippen LogP contribution in [0.4, 0.5) is 10.1 Å². The summed E-state index contributed by atoms with van der Waals surface area (Å²) < 4.78 is 41.0. The zero-order valence-corrected chi connectivity index (χ0v) is 15.7. The fourth-order valence-corrected chi connectivity index (χ4v) is 3.46. The maximum atomic E-state index is 14.2. The molecule has 0 spiro atoms. The number of benzene rings is 2. The highest BCUT2D eigenvalue weighted by Gasteiger charge is 2.29. The molecule has 0 aliphatic heterocycles. The summed E-state index contributed by atoms with van der Waals surface area (Å²) in [5.74, 6) is -1.25. The highest BCUT2D eigenvalue weighted by molar-refractivity contribution is 7.90. The Morgan fingerprint density at radius 1 is 1.08 bits per heavy atom. The Morgan fingerprint density at radius 2 is 1.65 bits per heavy atom. The third kappa shape index (κ3) is 4.59. The molecule has 0 saturated heterocycles. The first-order valence-corrected chi connectivity index (χ1v) is 9.42. The largest absolute Gasteiger partial charge is 0.348 e. The molecule has 2 rings (SSSR count). The maximum absolute atomic E-state index is 14.2. The molecule has 1 N–H and O–H groups in total. The first-order valence-electron chi connectivity index (χ1n) is 8.02. The molecule has 1 unspecified atom stereocenters. The van der Waals surface area contributed by atoms with Gasteiger partial charge < -0.3 is 5.32 Å². The molecule has 1 atom stereocenters. The van der Waals surface area contributed by atoms with E-state index in [0.29, 0.717) is 0 Å². The lowest BCUT2D eigenvalue weighted by Gasteiger charge is -2.27. The first kappa shape index (κ1) is 19.9. The Kier molecular flexibility index (Phi) is 6.33. The fourth-order valence-electron chi connectivity index (χ4n) is 2.38. The van der Waals surface area contributed by atoms with Crippen molar-refractivity contribution in [2.75, 3.05) is 24.9 Å². The molecule has 0 fully saturated rings. The number of halogens is 1. The number of carbonyl (C=O) groups is 1. The molecule has 0 aliphatic rings. The Labute approximate surface area is 153 Å². The monoisotopic (exact) mass is 379 g/mol. The number of rotatable bonds is 7. The number of hydrogen-bond donors (Lipinski definition) is 1. The molecule has 0 radical (unpaired) electrons. The van der Waals surface area contributed by atoms with Gasteiger partial charge in [-0.2, -0.15) is 12.7 Å². The van der Waals surface area contributed by atoms with E-state index >= 15 is 0 Å². The standard InChI is InChI=1S/C18H22FN3O3S/c1-14(15-9-5-4-6-10-15)20-18(23)13-22(26(24,25)21(2)3)17-12-8-7-11-16(17)19/h4-12,14H,13H2,1-3H3,(H,20,23). The van der Waals surface area contributed by atoms with Crippen LogP contribution in [0.2, 0.25) is 0 Å². The minimum atomic E-state index is -4.04. The van der Waals surface area contributed by atoms with Crippen LogP contribution < -0.4 is 9.62 Å².